The molecule has 3 rings (SSSR count). The molecule has 11 heteroatoms. The van der Waals surface area contributed by atoms with Crippen molar-refractivity contribution in [2.75, 3.05) is 11.2 Å². The van der Waals surface area contributed by atoms with Gasteiger partial charge in [-0.2, -0.15) is 0 Å². The molecule has 1 amide bonds. The summed E-state index contributed by atoms with van der Waals surface area (Å²) in [4.78, 5) is 12.3. The molecular formula is C17H13Cl2F2N5OS. The SMILES string of the molecule is CC(Sc1nnc(-c2ccc(Cl)cc2Cl)n1N)C(=O)Nc1ccc(F)c(F)c1. The lowest BCUT2D eigenvalue weighted by Crippen LogP contribution is -2.23. The quantitative estimate of drug-likeness (QED) is 0.451. The number of benzene rings is 2. The Labute approximate surface area is 173 Å². The summed E-state index contributed by atoms with van der Waals surface area (Å²) < 4.78 is 27.5. The standard InChI is InChI=1S/C17H13Cl2F2N5OS/c1-8(16(27)23-10-3-5-13(20)14(21)7-10)28-17-25-24-15(26(17)22)11-4-2-9(18)6-12(11)19/h2-8H,22H2,1H3,(H,23,27). The zero-order valence-corrected chi connectivity index (χ0v) is 16.6. The highest BCUT2D eigenvalue weighted by molar-refractivity contribution is 8.00. The molecule has 28 heavy (non-hydrogen) atoms. The molecule has 3 aromatic rings. The zero-order valence-electron chi connectivity index (χ0n) is 14.3. The van der Waals surface area contributed by atoms with Crippen molar-refractivity contribution in [3.05, 3.63) is 58.1 Å². The van der Waals surface area contributed by atoms with Gasteiger partial charge in [-0.3, -0.25) is 4.79 Å². The molecule has 0 bridgehead atoms. The number of thioether (sulfide) groups is 1. The first-order valence-electron chi connectivity index (χ1n) is 7.84. The Hall–Kier alpha value is -2.36. The smallest absolute Gasteiger partial charge is 0.237 e. The summed E-state index contributed by atoms with van der Waals surface area (Å²) in [6.07, 6.45) is 0. The molecule has 1 unspecified atom stereocenters. The first-order valence-corrected chi connectivity index (χ1v) is 9.48. The van der Waals surface area contributed by atoms with Crippen LogP contribution in [0, 0.1) is 11.6 Å². The fourth-order valence-electron chi connectivity index (χ4n) is 2.24. The summed E-state index contributed by atoms with van der Waals surface area (Å²) in [5.74, 6) is 3.85. The van der Waals surface area contributed by atoms with Crippen LogP contribution in [-0.4, -0.2) is 26.0 Å². The predicted molar refractivity (Wildman–Crippen MR) is 106 cm³/mol. The van der Waals surface area contributed by atoms with Crippen molar-refractivity contribution in [1.82, 2.24) is 14.9 Å². The lowest BCUT2D eigenvalue weighted by molar-refractivity contribution is -0.115. The normalized spacial score (nSPS) is 12.0. The van der Waals surface area contributed by atoms with Crippen molar-refractivity contribution in [3.8, 4) is 11.4 Å². The molecule has 2 aromatic carbocycles. The number of halogens is 4. The number of carbonyl (C=O) groups excluding carboxylic acids is 1. The second kappa shape index (κ2) is 8.34. The first kappa shape index (κ1) is 20.4. The number of rotatable bonds is 5. The van der Waals surface area contributed by atoms with E-state index in [2.05, 4.69) is 15.5 Å². The van der Waals surface area contributed by atoms with Gasteiger partial charge in [0.1, 0.15) is 0 Å². The topological polar surface area (TPSA) is 85.8 Å². The van der Waals surface area contributed by atoms with Crippen LogP contribution in [0.5, 0.6) is 0 Å². The molecule has 3 N–H and O–H groups in total. The van der Waals surface area contributed by atoms with Crippen LogP contribution < -0.4 is 11.2 Å². The molecule has 0 saturated heterocycles. The van der Waals surface area contributed by atoms with Crippen molar-refractivity contribution in [3.63, 3.8) is 0 Å². The van der Waals surface area contributed by atoms with Gasteiger partial charge in [0.2, 0.25) is 11.1 Å². The molecule has 0 saturated carbocycles. The molecule has 1 atom stereocenters. The van der Waals surface area contributed by atoms with Crippen LogP contribution in [0.2, 0.25) is 10.0 Å². The van der Waals surface area contributed by atoms with Gasteiger partial charge in [-0.25, -0.2) is 13.5 Å². The molecule has 0 aliphatic carbocycles. The monoisotopic (exact) mass is 443 g/mol. The Morgan fingerprint density at radius 2 is 1.93 bits per heavy atom. The molecule has 0 aliphatic heterocycles. The lowest BCUT2D eigenvalue weighted by atomic mass is 10.2. The summed E-state index contributed by atoms with van der Waals surface area (Å²) >= 11 is 13.1. The van der Waals surface area contributed by atoms with Gasteiger partial charge in [-0.05, 0) is 37.3 Å². The number of nitrogen functional groups attached to an aromatic ring is 1. The molecule has 0 radical (unpaired) electrons. The summed E-state index contributed by atoms with van der Waals surface area (Å²) in [7, 11) is 0. The number of amides is 1. The van der Waals surface area contributed by atoms with Crippen LogP contribution in [0.3, 0.4) is 0 Å². The Morgan fingerprint density at radius 1 is 1.18 bits per heavy atom. The van der Waals surface area contributed by atoms with Gasteiger partial charge in [0.25, 0.3) is 0 Å². The third kappa shape index (κ3) is 4.37. The van der Waals surface area contributed by atoms with E-state index in [1.807, 2.05) is 0 Å². The van der Waals surface area contributed by atoms with E-state index in [1.165, 1.54) is 10.7 Å². The minimum atomic E-state index is -1.05. The highest BCUT2D eigenvalue weighted by atomic mass is 35.5. The average Bonchev–Trinajstić information content (AvgIpc) is 2.98. The second-order valence-corrected chi connectivity index (χ2v) is 7.83. The van der Waals surface area contributed by atoms with E-state index in [0.29, 0.717) is 21.4 Å². The van der Waals surface area contributed by atoms with E-state index >= 15 is 0 Å². The number of anilines is 1. The molecule has 146 valence electrons. The van der Waals surface area contributed by atoms with Crippen LogP contribution in [0.1, 0.15) is 6.92 Å². The van der Waals surface area contributed by atoms with E-state index in [4.69, 9.17) is 29.0 Å². The maximum Gasteiger partial charge on any atom is 0.237 e. The van der Waals surface area contributed by atoms with Crippen molar-refractivity contribution >= 4 is 46.6 Å². The van der Waals surface area contributed by atoms with Gasteiger partial charge in [0.15, 0.2) is 17.5 Å². The predicted octanol–water partition coefficient (Wildman–Crippen LogP) is 4.36. The number of hydrogen-bond acceptors (Lipinski definition) is 5. The number of nitrogens with two attached hydrogens (primary N) is 1. The lowest BCUT2D eigenvalue weighted by Gasteiger charge is -2.12. The van der Waals surface area contributed by atoms with Gasteiger partial charge in [0.05, 0.1) is 10.3 Å². The minimum absolute atomic E-state index is 0.138. The third-order valence-corrected chi connectivity index (χ3v) is 5.28. The van der Waals surface area contributed by atoms with Crippen molar-refractivity contribution < 1.29 is 13.6 Å². The fraction of sp³-hybridized carbons (Fsp3) is 0.118. The molecule has 1 aromatic heterocycles. The number of nitrogens with one attached hydrogen (secondary N) is 1. The van der Waals surface area contributed by atoms with Gasteiger partial charge < -0.3 is 11.2 Å². The zero-order chi connectivity index (χ0) is 20.4. The van der Waals surface area contributed by atoms with Crippen molar-refractivity contribution in [1.29, 1.82) is 0 Å². The Balaban J connectivity index is 1.73. The van der Waals surface area contributed by atoms with Crippen LogP contribution >= 0.6 is 35.0 Å². The largest absolute Gasteiger partial charge is 0.335 e. The molecule has 0 spiro atoms. The maximum absolute atomic E-state index is 13.3. The summed E-state index contributed by atoms with van der Waals surface area (Å²) in [5, 5.41) is 10.9. The van der Waals surface area contributed by atoms with E-state index in [-0.39, 0.29) is 10.8 Å². The van der Waals surface area contributed by atoms with E-state index < -0.39 is 22.8 Å². The minimum Gasteiger partial charge on any atom is -0.335 e. The molecular weight excluding hydrogens is 431 g/mol. The molecule has 1 heterocycles. The van der Waals surface area contributed by atoms with Gasteiger partial charge >= 0.3 is 0 Å². The molecule has 0 fully saturated rings. The van der Waals surface area contributed by atoms with Crippen LogP contribution in [-0.2, 0) is 4.79 Å². The third-order valence-electron chi connectivity index (χ3n) is 3.68. The number of aromatic nitrogens is 3. The summed E-state index contributed by atoms with van der Waals surface area (Å²) in [6.45, 7) is 1.61. The van der Waals surface area contributed by atoms with Gasteiger partial charge in [-0.1, -0.05) is 35.0 Å². The number of hydrogen-bond donors (Lipinski definition) is 2. The second-order valence-electron chi connectivity index (χ2n) is 5.68. The van der Waals surface area contributed by atoms with Crippen LogP contribution in [0.25, 0.3) is 11.4 Å². The average molecular weight is 444 g/mol. The maximum atomic E-state index is 13.3. The van der Waals surface area contributed by atoms with E-state index in [9.17, 15) is 13.6 Å². The van der Waals surface area contributed by atoms with Crippen molar-refractivity contribution in [2.24, 2.45) is 0 Å². The molecule has 0 aliphatic rings. The Morgan fingerprint density at radius 3 is 2.61 bits per heavy atom. The van der Waals surface area contributed by atoms with Gasteiger partial charge in [-0.15, -0.1) is 10.2 Å². The highest BCUT2D eigenvalue weighted by Crippen LogP contribution is 2.31. The van der Waals surface area contributed by atoms with E-state index in [1.54, 1.807) is 25.1 Å². The van der Waals surface area contributed by atoms with Crippen molar-refractivity contribution in [2.45, 2.75) is 17.3 Å². The highest BCUT2D eigenvalue weighted by Gasteiger charge is 2.21. The Bertz CT molecular complexity index is 1050. The molecule has 6 nitrogen and oxygen atoms in total. The fourth-order valence-corrected chi connectivity index (χ4v) is 3.50. The summed E-state index contributed by atoms with van der Waals surface area (Å²) in [6, 6.07) is 7.95. The van der Waals surface area contributed by atoms with Crippen LogP contribution in [0.15, 0.2) is 41.6 Å². The van der Waals surface area contributed by atoms with Gasteiger partial charge in [0, 0.05) is 22.3 Å². The summed E-state index contributed by atoms with van der Waals surface area (Å²) in [5.41, 5.74) is 0.672. The van der Waals surface area contributed by atoms with Crippen LogP contribution in [0.4, 0.5) is 14.5 Å². The Kier molecular flexibility index (Phi) is 6.07. The van der Waals surface area contributed by atoms with E-state index in [0.717, 1.165) is 23.9 Å². The number of carbonyl (C=O) groups is 1. The number of nitrogens with zero attached hydrogens (tertiary/aromatic N) is 3. The first-order chi connectivity index (χ1) is 13.3.